The van der Waals surface area contributed by atoms with Crippen molar-refractivity contribution in [2.24, 2.45) is 0 Å². The monoisotopic (exact) mass is 303 g/mol. The van der Waals surface area contributed by atoms with Gasteiger partial charge in [0.15, 0.2) is 0 Å². The summed E-state index contributed by atoms with van der Waals surface area (Å²) in [5.41, 5.74) is 0.466. The van der Waals surface area contributed by atoms with E-state index in [9.17, 15) is 9.18 Å². The molecular weight excluding hydrogens is 285 g/mol. The maximum atomic E-state index is 13.5. The quantitative estimate of drug-likeness (QED) is 0.735. The Hall–Kier alpha value is -0.740. The molecule has 1 aromatic carbocycles. The molecule has 0 spiro atoms. The first kappa shape index (κ1) is 16.3. The van der Waals surface area contributed by atoms with Gasteiger partial charge >= 0.3 is 0 Å². The van der Waals surface area contributed by atoms with E-state index >= 15 is 0 Å². The van der Waals surface area contributed by atoms with Crippen molar-refractivity contribution in [3.63, 3.8) is 0 Å². The Kier molecular flexibility index (Phi) is 7.91. The van der Waals surface area contributed by atoms with Gasteiger partial charge in [0.05, 0.1) is 5.75 Å². The molecule has 5 heteroatoms. The normalized spacial score (nSPS) is 10.5. The number of hydrogen-bond donors (Lipinski definition) is 1. The first-order chi connectivity index (χ1) is 9.15. The summed E-state index contributed by atoms with van der Waals surface area (Å²) in [5.74, 6) is 0.418. The van der Waals surface area contributed by atoms with Crippen LogP contribution < -0.4 is 5.32 Å². The molecule has 0 aliphatic heterocycles. The first-order valence-corrected chi connectivity index (χ1v) is 7.95. The van der Waals surface area contributed by atoms with E-state index in [2.05, 4.69) is 12.2 Å². The third-order valence-corrected chi connectivity index (χ3v) is 3.96. The molecule has 0 bridgehead atoms. The van der Waals surface area contributed by atoms with E-state index < -0.39 is 0 Å². The number of nitrogens with one attached hydrogen (secondary N) is 1. The van der Waals surface area contributed by atoms with E-state index in [1.807, 2.05) is 0 Å². The van der Waals surface area contributed by atoms with Gasteiger partial charge in [-0.05, 0) is 18.6 Å². The highest BCUT2D eigenvalue weighted by Crippen LogP contribution is 2.23. The highest BCUT2D eigenvalue weighted by molar-refractivity contribution is 7.99. The molecule has 0 aliphatic carbocycles. The first-order valence-electron chi connectivity index (χ1n) is 6.42. The Balaban J connectivity index is 2.24. The smallest absolute Gasteiger partial charge is 0.230 e. The average molecular weight is 304 g/mol. The molecule has 0 fully saturated rings. The van der Waals surface area contributed by atoms with Crippen molar-refractivity contribution < 1.29 is 9.18 Å². The number of carbonyl (C=O) groups excluding carboxylic acids is 1. The number of halogens is 2. The van der Waals surface area contributed by atoms with Crippen LogP contribution in [0.4, 0.5) is 4.39 Å². The Bertz CT molecular complexity index is 394. The predicted octanol–water partition coefficient (Wildman–Crippen LogP) is 4.02. The highest BCUT2D eigenvalue weighted by atomic mass is 35.5. The number of rotatable bonds is 8. The van der Waals surface area contributed by atoms with Gasteiger partial charge < -0.3 is 5.32 Å². The van der Waals surface area contributed by atoms with Crippen LogP contribution in [-0.4, -0.2) is 18.2 Å². The number of benzene rings is 1. The molecule has 0 radical (unpaired) electrons. The van der Waals surface area contributed by atoms with Crippen LogP contribution in [0, 0.1) is 5.82 Å². The molecule has 2 nitrogen and oxygen atoms in total. The number of thioether (sulfide) groups is 1. The van der Waals surface area contributed by atoms with Crippen LogP contribution in [0.5, 0.6) is 0 Å². The molecule has 0 saturated carbocycles. The fourth-order valence-corrected chi connectivity index (χ4v) is 2.77. The van der Waals surface area contributed by atoms with Crippen molar-refractivity contribution in [2.45, 2.75) is 31.9 Å². The van der Waals surface area contributed by atoms with Gasteiger partial charge in [-0.25, -0.2) is 4.39 Å². The minimum absolute atomic E-state index is 0.00596. The molecular formula is C14H19ClFNOS. The largest absolute Gasteiger partial charge is 0.355 e. The second kappa shape index (κ2) is 9.21. The summed E-state index contributed by atoms with van der Waals surface area (Å²) < 4.78 is 13.5. The SMILES string of the molecule is CCCCCNC(=O)CSCc1c(F)cccc1Cl. The molecule has 1 amide bonds. The molecule has 0 atom stereocenters. The van der Waals surface area contributed by atoms with E-state index in [-0.39, 0.29) is 11.7 Å². The average Bonchev–Trinajstić information content (AvgIpc) is 2.38. The third-order valence-electron chi connectivity index (χ3n) is 2.64. The van der Waals surface area contributed by atoms with Crippen LogP contribution >= 0.6 is 23.4 Å². The number of carbonyl (C=O) groups is 1. The molecule has 0 aromatic heterocycles. The summed E-state index contributed by atoms with van der Waals surface area (Å²) in [6.45, 7) is 2.84. The lowest BCUT2D eigenvalue weighted by Gasteiger charge is -2.06. The lowest BCUT2D eigenvalue weighted by atomic mass is 10.2. The van der Waals surface area contributed by atoms with E-state index in [4.69, 9.17) is 11.6 Å². The van der Waals surface area contributed by atoms with Crippen LogP contribution in [0.25, 0.3) is 0 Å². The lowest BCUT2D eigenvalue weighted by molar-refractivity contribution is -0.118. The Morgan fingerprint density at radius 3 is 2.89 bits per heavy atom. The standard InChI is InChI=1S/C14H19ClFNOS/c1-2-3-4-8-17-14(18)10-19-9-11-12(15)6-5-7-13(11)16/h5-7H,2-4,8-10H2,1H3,(H,17,18). The van der Waals surface area contributed by atoms with Crippen molar-refractivity contribution in [1.29, 1.82) is 0 Å². The van der Waals surface area contributed by atoms with E-state index in [1.54, 1.807) is 12.1 Å². The Morgan fingerprint density at radius 1 is 1.42 bits per heavy atom. The second-order valence-electron chi connectivity index (χ2n) is 4.25. The number of hydrogen-bond acceptors (Lipinski definition) is 2. The van der Waals surface area contributed by atoms with Gasteiger partial charge in [-0.2, -0.15) is 0 Å². The van der Waals surface area contributed by atoms with Crippen LogP contribution in [0.2, 0.25) is 5.02 Å². The maximum absolute atomic E-state index is 13.5. The topological polar surface area (TPSA) is 29.1 Å². The fraction of sp³-hybridized carbons (Fsp3) is 0.500. The van der Waals surface area contributed by atoms with Crippen molar-refractivity contribution in [1.82, 2.24) is 5.32 Å². The molecule has 1 N–H and O–H groups in total. The molecule has 1 aromatic rings. The van der Waals surface area contributed by atoms with Crippen molar-refractivity contribution in [3.8, 4) is 0 Å². The zero-order valence-corrected chi connectivity index (χ0v) is 12.6. The minimum atomic E-state index is -0.316. The van der Waals surface area contributed by atoms with Crippen molar-refractivity contribution >= 4 is 29.3 Å². The number of unbranched alkanes of at least 4 members (excludes halogenated alkanes) is 2. The van der Waals surface area contributed by atoms with Gasteiger partial charge in [0, 0.05) is 22.9 Å². The van der Waals surface area contributed by atoms with Gasteiger partial charge in [-0.3, -0.25) is 4.79 Å². The summed E-state index contributed by atoms with van der Waals surface area (Å²) in [6, 6.07) is 4.62. The highest BCUT2D eigenvalue weighted by Gasteiger charge is 2.08. The summed E-state index contributed by atoms with van der Waals surface area (Å²) in [4.78, 5) is 11.5. The van der Waals surface area contributed by atoms with E-state index in [0.29, 0.717) is 28.6 Å². The molecule has 106 valence electrons. The molecule has 1 rings (SSSR count). The van der Waals surface area contributed by atoms with Gasteiger partial charge in [0.1, 0.15) is 5.82 Å². The minimum Gasteiger partial charge on any atom is -0.355 e. The zero-order valence-electron chi connectivity index (χ0n) is 11.0. The van der Waals surface area contributed by atoms with E-state index in [1.165, 1.54) is 17.8 Å². The van der Waals surface area contributed by atoms with Crippen molar-refractivity contribution in [2.75, 3.05) is 12.3 Å². The van der Waals surface area contributed by atoms with Crippen molar-refractivity contribution in [3.05, 3.63) is 34.6 Å². The van der Waals surface area contributed by atoms with Gasteiger partial charge in [0.25, 0.3) is 0 Å². The Morgan fingerprint density at radius 2 is 2.21 bits per heavy atom. The number of amides is 1. The fourth-order valence-electron chi connectivity index (χ4n) is 1.57. The second-order valence-corrected chi connectivity index (χ2v) is 5.64. The summed E-state index contributed by atoms with van der Waals surface area (Å²) in [6.07, 6.45) is 3.26. The third kappa shape index (κ3) is 6.30. The van der Waals surface area contributed by atoms with E-state index in [0.717, 1.165) is 19.3 Å². The van der Waals surface area contributed by atoms with Crippen LogP contribution in [0.1, 0.15) is 31.7 Å². The lowest BCUT2D eigenvalue weighted by Crippen LogP contribution is -2.26. The zero-order chi connectivity index (χ0) is 14.1. The van der Waals surface area contributed by atoms with Gasteiger partial charge in [-0.1, -0.05) is 37.4 Å². The molecule has 0 heterocycles. The molecule has 0 saturated heterocycles. The maximum Gasteiger partial charge on any atom is 0.230 e. The summed E-state index contributed by atoms with van der Waals surface area (Å²) in [7, 11) is 0. The van der Waals surface area contributed by atoms with Gasteiger partial charge in [-0.15, -0.1) is 11.8 Å². The molecule has 0 aliphatic rings. The van der Waals surface area contributed by atoms with Crippen LogP contribution in [-0.2, 0) is 10.5 Å². The predicted molar refractivity (Wildman–Crippen MR) is 80.1 cm³/mol. The van der Waals surface area contributed by atoms with Gasteiger partial charge in [0.2, 0.25) is 5.91 Å². The molecule has 0 unspecified atom stereocenters. The summed E-state index contributed by atoms with van der Waals surface area (Å²) >= 11 is 7.28. The Labute approximate surface area is 123 Å². The van der Waals surface area contributed by atoms with Crippen LogP contribution in [0.3, 0.4) is 0 Å². The summed E-state index contributed by atoms with van der Waals surface area (Å²) in [5, 5.41) is 3.26. The molecule has 19 heavy (non-hydrogen) atoms. The van der Waals surface area contributed by atoms with Crippen LogP contribution in [0.15, 0.2) is 18.2 Å².